The van der Waals surface area contributed by atoms with Crippen LogP contribution in [-0.2, 0) is 4.74 Å². The molecule has 0 aromatic heterocycles. The molecule has 4 nitrogen and oxygen atoms in total. The molecule has 0 radical (unpaired) electrons. The van der Waals surface area contributed by atoms with E-state index in [4.69, 9.17) is 4.74 Å². The zero-order chi connectivity index (χ0) is 12.2. The van der Waals surface area contributed by atoms with Gasteiger partial charge < -0.3 is 10.1 Å². The lowest BCUT2D eigenvalue weighted by atomic mass is 9.76. The van der Waals surface area contributed by atoms with Crippen LogP contribution in [0.5, 0.6) is 0 Å². The maximum Gasteiger partial charge on any atom is 0.411 e. The van der Waals surface area contributed by atoms with Crippen LogP contribution in [0.3, 0.4) is 0 Å². The molecule has 1 spiro atoms. The topological polar surface area (TPSA) is 41.6 Å². The normalized spacial score (nSPS) is 25.9. The van der Waals surface area contributed by atoms with Crippen LogP contribution < -0.4 is 5.32 Å². The summed E-state index contributed by atoms with van der Waals surface area (Å²) in [6.07, 6.45) is -0.653. The third-order valence-electron chi connectivity index (χ3n) is 3.00. The summed E-state index contributed by atoms with van der Waals surface area (Å²) >= 11 is 0. The molecule has 0 aliphatic carbocycles. The van der Waals surface area contributed by atoms with Gasteiger partial charge in [0.15, 0.2) is 0 Å². The monoisotopic (exact) mass is 234 g/mol. The lowest BCUT2D eigenvalue weighted by Crippen LogP contribution is -2.87. The molecule has 2 heterocycles. The van der Waals surface area contributed by atoms with Gasteiger partial charge in [-0.15, -0.1) is 0 Å². The van der Waals surface area contributed by atoms with E-state index in [1.165, 1.54) is 0 Å². The fourth-order valence-corrected chi connectivity index (χ4v) is 1.97. The van der Waals surface area contributed by atoms with Crippen LogP contribution in [0.1, 0.15) is 20.8 Å². The van der Waals surface area contributed by atoms with E-state index in [0.29, 0.717) is 0 Å². The molecule has 2 fully saturated rings. The highest BCUT2D eigenvalue weighted by Crippen LogP contribution is 2.47. The SMILES string of the molecule is CC(C)(C)OC(=O)N1CC(F)(F)C12CNC2. The molecular weight excluding hydrogens is 218 g/mol. The number of rotatable bonds is 0. The van der Waals surface area contributed by atoms with Crippen LogP contribution in [0.2, 0.25) is 0 Å². The van der Waals surface area contributed by atoms with Crippen LogP contribution in [0, 0.1) is 0 Å². The fourth-order valence-electron chi connectivity index (χ4n) is 1.97. The first-order valence-corrected chi connectivity index (χ1v) is 5.27. The summed E-state index contributed by atoms with van der Waals surface area (Å²) in [6, 6.07) is 0. The zero-order valence-electron chi connectivity index (χ0n) is 9.64. The molecule has 0 unspecified atom stereocenters. The van der Waals surface area contributed by atoms with E-state index in [-0.39, 0.29) is 13.1 Å². The Balaban J connectivity index is 2.05. The molecule has 1 N–H and O–H groups in total. The number of hydrogen-bond donors (Lipinski definition) is 1. The number of hydrogen-bond acceptors (Lipinski definition) is 3. The summed E-state index contributed by atoms with van der Waals surface area (Å²) in [5.41, 5.74) is -1.99. The second-order valence-electron chi connectivity index (χ2n) is 5.41. The molecule has 0 atom stereocenters. The van der Waals surface area contributed by atoms with Crippen LogP contribution in [0.4, 0.5) is 13.6 Å². The number of likely N-dealkylation sites (tertiary alicyclic amines) is 1. The molecule has 6 heteroatoms. The summed E-state index contributed by atoms with van der Waals surface area (Å²) < 4.78 is 31.9. The van der Waals surface area contributed by atoms with Crippen molar-refractivity contribution in [3.63, 3.8) is 0 Å². The molecule has 0 saturated carbocycles. The minimum atomic E-state index is -2.80. The number of amides is 1. The number of carbonyl (C=O) groups is 1. The van der Waals surface area contributed by atoms with E-state index in [2.05, 4.69) is 5.32 Å². The molecule has 1 amide bonds. The van der Waals surface area contributed by atoms with Gasteiger partial charge in [0, 0.05) is 13.1 Å². The maximum atomic E-state index is 13.4. The minimum Gasteiger partial charge on any atom is -0.444 e. The largest absolute Gasteiger partial charge is 0.444 e. The van der Waals surface area contributed by atoms with Crippen molar-refractivity contribution in [2.45, 2.75) is 37.8 Å². The Hall–Kier alpha value is -0.910. The van der Waals surface area contributed by atoms with Crippen LogP contribution in [-0.4, -0.2) is 47.7 Å². The smallest absolute Gasteiger partial charge is 0.411 e. The first-order chi connectivity index (χ1) is 7.18. The molecule has 2 saturated heterocycles. The summed E-state index contributed by atoms with van der Waals surface area (Å²) in [4.78, 5) is 12.8. The summed E-state index contributed by atoms with van der Waals surface area (Å²) in [6.45, 7) is 4.89. The average molecular weight is 234 g/mol. The highest BCUT2D eigenvalue weighted by molar-refractivity contribution is 5.72. The van der Waals surface area contributed by atoms with Crippen molar-refractivity contribution in [2.75, 3.05) is 19.6 Å². The Kier molecular flexibility index (Phi) is 2.21. The number of alkyl halides is 2. The minimum absolute atomic E-state index is 0.138. The van der Waals surface area contributed by atoms with Crippen molar-refractivity contribution in [3.8, 4) is 0 Å². The number of nitrogens with zero attached hydrogens (tertiary/aromatic N) is 1. The quantitative estimate of drug-likeness (QED) is 0.685. The van der Waals surface area contributed by atoms with Crippen molar-refractivity contribution in [1.82, 2.24) is 10.2 Å². The standard InChI is InChI=1S/C10H16F2N2O2/c1-8(2,3)16-7(15)14-6-10(11,12)9(14)4-13-5-9/h13H,4-6H2,1-3H3. The van der Waals surface area contributed by atoms with E-state index in [1.807, 2.05) is 0 Å². The summed E-state index contributed by atoms with van der Waals surface area (Å²) in [5, 5.41) is 2.78. The molecule has 2 aliphatic rings. The van der Waals surface area contributed by atoms with Gasteiger partial charge in [0.2, 0.25) is 0 Å². The Morgan fingerprint density at radius 1 is 1.38 bits per heavy atom. The van der Waals surface area contributed by atoms with E-state index in [0.717, 1.165) is 4.90 Å². The summed E-state index contributed by atoms with van der Waals surface area (Å²) in [5.74, 6) is -2.80. The van der Waals surface area contributed by atoms with E-state index < -0.39 is 29.7 Å². The number of ether oxygens (including phenoxy) is 1. The third-order valence-corrected chi connectivity index (χ3v) is 3.00. The third kappa shape index (κ3) is 1.47. The first-order valence-electron chi connectivity index (χ1n) is 5.27. The van der Waals surface area contributed by atoms with Gasteiger partial charge in [-0.05, 0) is 20.8 Å². The van der Waals surface area contributed by atoms with Gasteiger partial charge in [-0.25, -0.2) is 13.6 Å². The van der Waals surface area contributed by atoms with Gasteiger partial charge in [-0.3, -0.25) is 4.90 Å². The molecule has 92 valence electrons. The van der Waals surface area contributed by atoms with Crippen molar-refractivity contribution in [3.05, 3.63) is 0 Å². The van der Waals surface area contributed by atoms with Gasteiger partial charge in [-0.2, -0.15) is 0 Å². The van der Waals surface area contributed by atoms with Gasteiger partial charge in [0.1, 0.15) is 11.1 Å². The van der Waals surface area contributed by atoms with Crippen LogP contribution in [0.15, 0.2) is 0 Å². The second-order valence-corrected chi connectivity index (χ2v) is 5.41. The Morgan fingerprint density at radius 2 is 1.94 bits per heavy atom. The second kappa shape index (κ2) is 3.06. The van der Waals surface area contributed by atoms with Gasteiger partial charge in [0.05, 0.1) is 6.54 Å². The summed E-state index contributed by atoms with van der Waals surface area (Å²) in [7, 11) is 0. The zero-order valence-corrected chi connectivity index (χ0v) is 9.64. The Bertz CT molecular complexity index is 321. The molecule has 0 aromatic carbocycles. The number of nitrogens with one attached hydrogen (secondary N) is 1. The van der Waals surface area contributed by atoms with Crippen molar-refractivity contribution in [1.29, 1.82) is 0 Å². The lowest BCUT2D eigenvalue weighted by Gasteiger charge is -2.62. The number of carbonyl (C=O) groups excluding carboxylic acids is 1. The lowest BCUT2D eigenvalue weighted by molar-refractivity contribution is -0.250. The average Bonchev–Trinajstić information content (AvgIpc) is 1.93. The van der Waals surface area contributed by atoms with E-state index in [9.17, 15) is 13.6 Å². The Morgan fingerprint density at radius 3 is 2.25 bits per heavy atom. The van der Waals surface area contributed by atoms with E-state index >= 15 is 0 Å². The highest BCUT2D eigenvalue weighted by atomic mass is 19.3. The predicted octanol–water partition coefficient (Wildman–Crippen LogP) is 1.21. The van der Waals surface area contributed by atoms with Crippen molar-refractivity contribution < 1.29 is 18.3 Å². The van der Waals surface area contributed by atoms with Gasteiger partial charge in [-0.1, -0.05) is 0 Å². The van der Waals surface area contributed by atoms with E-state index in [1.54, 1.807) is 20.8 Å². The van der Waals surface area contributed by atoms with Crippen molar-refractivity contribution >= 4 is 6.09 Å². The molecule has 2 rings (SSSR count). The molecular formula is C10H16F2N2O2. The maximum absolute atomic E-state index is 13.4. The molecule has 2 aliphatic heterocycles. The number of halogens is 2. The van der Waals surface area contributed by atoms with Crippen molar-refractivity contribution in [2.24, 2.45) is 0 Å². The van der Waals surface area contributed by atoms with Gasteiger partial charge >= 0.3 is 6.09 Å². The van der Waals surface area contributed by atoms with Gasteiger partial charge in [0.25, 0.3) is 5.92 Å². The molecule has 0 aromatic rings. The highest BCUT2D eigenvalue weighted by Gasteiger charge is 2.72. The predicted molar refractivity (Wildman–Crippen MR) is 53.5 cm³/mol. The molecule has 0 bridgehead atoms. The van der Waals surface area contributed by atoms with Crippen LogP contribution >= 0.6 is 0 Å². The van der Waals surface area contributed by atoms with Crippen LogP contribution in [0.25, 0.3) is 0 Å². The Labute approximate surface area is 92.9 Å². The first kappa shape index (κ1) is 11.6. The fraction of sp³-hybridized carbons (Fsp3) is 0.900. The molecule has 16 heavy (non-hydrogen) atoms.